The van der Waals surface area contributed by atoms with Crippen LogP contribution >= 0.6 is 17.0 Å². The molecule has 0 fully saturated rings. The minimum atomic E-state index is -1.46. The molecule has 3 rings (SSSR count). The third-order valence-electron chi connectivity index (χ3n) is 3.96. The molecule has 0 aromatic heterocycles. The summed E-state index contributed by atoms with van der Waals surface area (Å²) in [6.07, 6.45) is 4.53. The van der Waals surface area contributed by atoms with E-state index in [-0.39, 0.29) is 5.41 Å². The van der Waals surface area contributed by atoms with Crippen molar-refractivity contribution in [2.75, 3.05) is 0 Å². The quantitative estimate of drug-likeness (QED) is 0.477. The number of hydrogen-bond donors (Lipinski definition) is 0. The standard InChI is InChI=1S/C20H21.2ClH.H3Si.Zr/c1-14-12-16-6-5-7-18(19(16)13-14)15-8-10-17(11-9-15)20(2,3)4;;;;/h5-13H,1-4H3;2*1H;1H3;/q;;;;+2/p-2. The van der Waals surface area contributed by atoms with E-state index in [0.717, 1.165) is 7.37 Å². The Balaban J connectivity index is 0.000000471. The zero-order valence-electron chi connectivity index (χ0n) is 15.0. The summed E-state index contributed by atoms with van der Waals surface area (Å²) in [7, 11) is 11.7. The van der Waals surface area contributed by atoms with E-state index in [0.29, 0.717) is 0 Å². The molecule has 0 N–H and O–H groups in total. The third kappa shape index (κ3) is 5.43. The number of rotatable bonds is 1. The Morgan fingerprint density at radius 1 is 0.958 bits per heavy atom. The molecule has 1 aliphatic rings. The van der Waals surface area contributed by atoms with Gasteiger partial charge in [0.15, 0.2) is 0 Å². The Morgan fingerprint density at radius 3 is 2.08 bits per heavy atom. The van der Waals surface area contributed by atoms with E-state index in [1.165, 1.54) is 33.4 Å². The molecule has 0 saturated heterocycles. The second-order valence-corrected chi connectivity index (χ2v) is 30.6. The molecule has 0 unspecified atom stereocenters. The van der Waals surface area contributed by atoms with Crippen LogP contribution < -0.4 is 0 Å². The van der Waals surface area contributed by atoms with E-state index in [2.05, 4.69) is 82.7 Å². The molecular formula is C20H24Cl2SiZr. The second kappa shape index (κ2) is 8.49. The topological polar surface area (TPSA) is 0 Å². The van der Waals surface area contributed by atoms with Crippen molar-refractivity contribution in [2.24, 2.45) is 0 Å². The normalized spacial score (nSPS) is 13.0. The van der Waals surface area contributed by atoms with Crippen LogP contribution in [0.15, 0.2) is 48.0 Å². The van der Waals surface area contributed by atoms with Crippen molar-refractivity contribution in [3.05, 3.63) is 71.1 Å². The van der Waals surface area contributed by atoms with Crippen molar-refractivity contribution in [1.29, 1.82) is 0 Å². The first-order valence-electron chi connectivity index (χ1n) is 8.10. The first-order chi connectivity index (χ1) is 11.2. The van der Waals surface area contributed by atoms with Crippen LogP contribution in [0.2, 0.25) is 0 Å². The molecule has 2 aromatic rings. The summed E-state index contributed by atoms with van der Waals surface area (Å²) in [6.45, 7) is 8.92. The molecule has 0 spiro atoms. The van der Waals surface area contributed by atoms with Crippen LogP contribution in [0.25, 0.3) is 17.2 Å². The molecule has 2 aromatic carbocycles. The first kappa shape index (κ1) is 20.2. The molecule has 24 heavy (non-hydrogen) atoms. The summed E-state index contributed by atoms with van der Waals surface area (Å²) in [5.74, 6) is 0. The van der Waals surface area contributed by atoms with E-state index in [1.807, 2.05) is 0 Å². The average molecular weight is 455 g/mol. The fourth-order valence-corrected chi connectivity index (χ4v) is 2.79. The molecule has 0 aliphatic heterocycles. The van der Waals surface area contributed by atoms with Crippen LogP contribution in [0.5, 0.6) is 0 Å². The Morgan fingerprint density at radius 2 is 1.54 bits per heavy atom. The van der Waals surface area contributed by atoms with Crippen molar-refractivity contribution in [1.82, 2.24) is 0 Å². The SMILES string of the molecule is CC1=Cc2c(cccc2-c2ccc(C(C)(C)C)cc2)[CH]1.[SiH3][Zr]([Cl])[Cl]. The van der Waals surface area contributed by atoms with Gasteiger partial charge in [-0.15, -0.1) is 0 Å². The number of fused-ring (bicyclic) bond motifs is 1. The van der Waals surface area contributed by atoms with E-state index in [1.54, 1.807) is 0 Å². The van der Waals surface area contributed by atoms with Crippen molar-refractivity contribution in [3.8, 4) is 11.1 Å². The Kier molecular flexibility index (Phi) is 7.14. The Bertz CT molecular complexity index is 726. The van der Waals surface area contributed by atoms with Crippen LogP contribution in [0.1, 0.15) is 44.4 Å². The molecule has 4 heteroatoms. The predicted octanol–water partition coefficient (Wildman–Crippen LogP) is 5.81. The van der Waals surface area contributed by atoms with Crippen molar-refractivity contribution in [3.63, 3.8) is 0 Å². The predicted molar refractivity (Wildman–Crippen MR) is 109 cm³/mol. The van der Waals surface area contributed by atoms with Gasteiger partial charge in [0.05, 0.1) is 0 Å². The van der Waals surface area contributed by atoms with Gasteiger partial charge in [-0.1, -0.05) is 74.9 Å². The van der Waals surface area contributed by atoms with Gasteiger partial charge in [-0.25, -0.2) is 0 Å². The zero-order valence-corrected chi connectivity index (χ0v) is 20.9. The molecule has 0 bridgehead atoms. The number of hydrogen-bond acceptors (Lipinski definition) is 0. The van der Waals surface area contributed by atoms with Gasteiger partial charge in [-0.3, -0.25) is 0 Å². The van der Waals surface area contributed by atoms with Gasteiger partial charge in [0.2, 0.25) is 0 Å². The fourth-order valence-electron chi connectivity index (χ4n) is 2.79. The van der Waals surface area contributed by atoms with Gasteiger partial charge in [0, 0.05) is 6.42 Å². The molecule has 0 nitrogen and oxygen atoms in total. The molecule has 0 heterocycles. The number of allylic oxidation sites excluding steroid dienone is 1. The van der Waals surface area contributed by atoms with Crippen molar-refractivity contribution >= 4 is 30.5 Å². The second-order valence-electron chi connectivity index (χ2n) is 7.12. The minimum absolute atomic E-state index is 0.210. The Labute approximate surface area is 163 Å². The van der Waals surface area contributed by atoms with Gasteiger partial charge in [-0.05, 0) is 40.2 Å². The summed E-state index contributed by atoms with van der Waals surface area (Å²) in [5.41, 5.74) is 8.24. The Hall–Kier alpha value is -0.140. The molecule has 0 atom stereocenters. The van der Waals surface area contributed by atoms with E-state index in [9.17, 15) is 0 Å². The van der Waals surface area contributed by atoms with E-state index in [4.69, 9.17) is 17.0 Å². The van der Waals surface area contributed by atoms with Crippen molar-refractivity contribution < 1.29 is 18.5 Å². The van der Waals surface area contributed by atoms with Crippen LogP contribution in [0.3, 0.4) is 0 Å². The van der Waals surface area contributed by atoms with Gasteiger partial charge in [0.1, 0.15) is 0 Å². The summed E-state index contributed by atoms with van der Waals surface area (Å²) in [5, 5.41) is 0. The molecule has 126 valence electrons. The van der Waals surface area contributed by atoms with Crippen LogP contribution in [-0.2, 0) is 23.9 Å². The molecule has 1 aliphatic carbocycles. The monoisotopic (exact) mass is 452 g/mol. The maximum atomic E-state index is 5.30. The first-order valence-corrected chi connectivity index (χ1v) is 22.8. The van der Waals surface area contributed by atoms with Gasteiger partial charge in [0.25, 0.3) is 0 Å². The van der Waals surface area contributed by atoms with Crippen LogP contribution in [0, 0.1) is 6.42 Å². The average Bonchev–Trinajstić information content (AvgIpc) is 2.86. The summed E-state index contributed by atoms with van der Waals surface area (Å²) < 4.78 is 0. The van der Waals surface area contributed by atoms with E-state index >= 15 is 0 Å². The zero-order chi connectivity index (χ0) is 17.9. The third-order valence-corrected chi connectivity index (χ3v) is 3.96. The molecule has 1 radical (unpaired) electrons. The van der Waals surface area contributed by atoms with Gasteiger partial charge in [-0.2, -0.15) is 0 Å². The summed E-state index contributed by atoms with van der Waals surface area (Å²) >= 11 is -1.46. The van der Waals surface area contributed by atoms with Gasteiger partial charge >= 0.3 is 42.9 Å². The molecule has 0 saturated carbocycles. The van der Waals surface area contributed by atoms with Gasteiger partial charge < -0.3 is 0 Å². The number of halogens is 2. The molecule has 0 amide bonds. The van der Waals surface area contributed by atoms with Crippen LogP contribution in [-0.4, -0.2) is 7.37 Å². The fraction of sp³-hybridized carbons (Fsp3) is 0.250. The van der Waals surface area contributed by atoms with Crippen molar-refractivity contribution in [2.45, 2.75) is 33.1 Å². The number of benzene rings is 2. The molecular weight excluding hydrogens is 430 g/mol. The maximum absolute atomic E-state index is 5.30. The summed E-state index contributed by atoms with van der Waals surface area (Å²) in [4.78, 5) is 0. The van der Waals surface area contributed by atoms with Crippen LogP contribution in [0.4, 0.5) is 0 Å². The summed E-state index contributed by atoms with van der Waals surface area (Å²) in [6, 6.07) is 15.6. The van der Waals surface area contributed by atoms with E-state index < -0.39 is 18.5 Å².